The Kier molecular flexibility index (Phi) is 3.10. The van der Waals surface area contributed by atoms with Crippen LogP contribution in [-0.2, 0) is 13.6 Å². The average Bonchev–Trinajstić information content (AvgIpc) is 2.92. The molecule has 1 heterocycles. The number of aromatic nitrogens is 2. The number of nitrogens with one attached hydrogen (secondary N) is 1. The molecule has 0 radical (unpaired) electrons. The van der Waals surface area contributed by atoms with Gasteiger partial charge in [0.15, 0.2) is 0 Å². The monoisotopic (exact) mass is 207 g/mol. The summed E-state index contributed by atoms with van der Waals surface area (Å²) in [4.78, 5) is 0. The molecule has 1 fully saturated rings. The van der Waals surface area contributed by atoms with Gasteiger partial charge in [0.1, 0.15) is 0 Å². The van der Waals surface area contributed by atoms with Crippen LogP contribution in [0.25, 0.3) is 0 Å². The Hall–Kier alpha value is -0.830. The summed E-state index contributed by atoms with van der Waals surface area (Å²) in [7, 11) is 2.00. The van der Waals surface area contributed by atoms with Crippen molar-refractivity contribution in [3.8, 4) is 0 Å². The van der Waals surface area contributed by atoms with Crippen LogP contribution in [0.4, 0.5) is 0 Å². The molecule has 1 saturated carbocycles. The molecule has 1 aliphatic rings. The molecule has 0 saturated heterocycles. The highest BCUT2D eigenvalue weighted by molar-refractivity contribution is 5.00. The highest BCUT2D eigenvalue weighted by Crippen LogP contribution is 2.35. The van der Waals surface area contributed by atoms with Crippen LogP contribution in [0.15, 0.2) is 12.3 Å². The van der Waals surface area contributed by atoms with Gasteiger partial charge in [-0.1, -0.05) is 13.8 Å². The summed E-state index contributed by atoms with van der Waals surface area (Å²) in [6.07, 6.45) is 4.67. The van der Waals surface area contributed by atoms with Gasteiger partial charge < -0.3 is 5.32 Å². The zero-order valence-corrected chi connectivity index (χ0v) is 9.90. The second-order valence-corrected chi connectivity index (χ2v) is 4.93. The van der Waals surface area contributed by atoms with Crippen molar-refractivity contribution in [1.29, 1.82) is 0 Å². The summed E-state index contributed by atoms with van der Waals surface area (Å²) in [5, 5.41) is 7.84. The van der Waals surface area contributed by atoms with Gasteiger partial charge in [0.05, 0.1) is 5.69 Å². The van der Waals surface area contributed by atoms with Gasteiger partial charge in [-0.3, -0.25) is 4.68 Å². The minimum Gasteiger partial charge on any atom is -0.308 e. The summed E-state index contributed by atoms with van der Waals surface area (Å²) in [6, 6.07) is 2.76. The first-order chi connectivity index (χ1) is 7.18. The quantitative estimate of drug-likeness (QED) is 0.799. The van der Waals surface area contributed by atoms with E-state index in [1.54, 1.807) is 0 Å². The zero-order valence-electron chi connectivity index (χ0n) is 9.90. The van der Waals surface area contributed by atoms with Crippen LogP contribution in [0.3, 0.4) is 0 Å². The van der Waals surface area contributed by atoms with E-state index in [1.807, 2.05) is 17.9 Å². The maximum absolute atomic E-state index is 4.18. The van der Waals surface area contributed by atoms with Crippen molar-refractivity contribution in [1.82, 2.24) is 15.1 Å². The van der Waals surface area contributed by atoms with E-state index < -0.39 is 0 Å². The summed E-state index contributed by atoms with van der Waals surface area (Å²) in [5.41, 5.74) is 1.27. The van der Waals surface area contributed by atoms with E-state index in [0.717, 1.165) is 18.4 Å². The van der Waals surface area contributed by atoms with E-state index in [-0.39, 0.29) is 0 Å². The fourth-order valence-corrected chi connectivity index (χ4v) is 2.20. The Bertz CT molecular complexity index is 310. The van der Waals surface area contributed by atoms with Crippen LogP contribution in [0.2, 0.25) is 0 Å². The van der Waals surface area contributed by atoms with Crippen LogP contribution in [0.5, 0.6) is 0 Å². The van der Waals surface area contributed by atoms with Crippen molar-refractivity contribution in [2.75, 3.05) is 0 Å². The van der Waals surface area contributed by atoms with Gasteiger partial charge >= 0.3 is 0 Å². The van der Waals surface area contributed by atoms with Gasteiger partial charge in [-0.05, 0) is 30.7 Å². The molecule has 3 nitrogen and oxygen atoms in total. The largest absolute Gasteiger partial charge is 0.308 e. The predicted octanol–water partition coefficient (Wildman–Crippen LogP) is 1.94. The fourth-order valence-electron chi connectivity index (χ4n) is 2.20. The molecule has 0 aromatic carbocycles. The normalized spacial score (nSPS) is 18.4. The Morgan fingerprint density at radius 1 is 1.53 bits per heavy atom. The molecule has 0 aliphatic heterocycles. The smallest absolute Gasteiger partial charge is 0.0518 e. The van der Waals surface area contributed by atoms with Gasteiger partial charge in [0, 0.05) is 25.8 Å². The summed E-state index contributed by atoms with van der Waals surface area (Å²) in [5.74, 6) is 1.64. The van der Waals surface area contributed by atoms with Gasteiger partial charge in [-0.2, -0.15) is 5.10 Å². The highest BCUT2D eigenvalue weighted by atomic mass is 15.3. The molecule has 0 spiro atoms. The zero-order chi connectivity index (χ0) is 10.8. The molecule has 1 atom stereocenters. The van der Waals surface area contributed by atoms with Gasteiger partial charge in [-0.25, -0.2) is 0 Å². The molecule has 1 unspecified atom stereocenters. The lowest BCUT2D eigenvalue weighted by atomic mass is 9.99. The summed E-state index contributed by atoms with van der Waals surface area (Å²) >= 11 is 0. The van der Waals surface area contributed by atoms with Crippen molar-refractivity contribution in [3.05, 3.63) is 18.0 Å². The fraction of sp³-hybridized carbons (Fsp3) is 0.750. The second kappa shape index (κ2) is 4.35. The molecule has 2 rings (SSSR count). The van der Waals surface area contributed by atoms with E-state index in [4.69, 9.17) is 0 Å². The van der Waals surface area contributed by atoms with Crippen molar-refractivity contribution in [3.63, 3.8) is 0 Å². The van der Waals surface area contributed by atoms with E-state index in [9.17, 15) is 0 Å². The first-order valence-corrected chi connectivity index (χ1v) is 5.88. The lowest BCUT2D eigenvalue weighted by molar-refractivity contribution is 0.355. The first-order valence-electron chi connectivity index (χ1n) is 5.88. The maximum Gasteiger partial charge on any atom is 0.0518 e. The maximum atomic E-state index is 4.18. The predicted molar refractivity (Wildman–Crippen MR) is 61.4 cm³/mol. The van der Waals surface area contributed by atoms with E-state index in [2.05, 4.69) is 30.3 Å². The van der Waals surface area contributed by atoms with Crippen LogP contribution < -0.4 is 5.32 Å². The summed E-state index contributed by atoms with van der Waals surface area (Å²) in [6.45, 7) is 5.55. The van der Waals surface area contributed by atoms with Crippen LogP contribution in [-0.4, -0.2) is 15.8 Å². The van der Waals surface area contributed by atoms with Crippen molar-refractivity contribution < 1.29 is 0 Å². The molecule has 84 valence electrons. The molecule has 1 N–H and O–H groups in total. The van der Waals surface area contributed by atoms with Crippen LogP contribution >= 0.6 is 0 Å². The van der Waals surface area contributed by atoms with E-state index in [1.165, 1.54) is 18.5 Å². The minimum atomic E-state index is 0.680. The summed E-state index contributed by atoms with van der Waals surface area (Å²) < 4.78 is 1.94. The third-order valence-corrected chi connectivity index (χ3v) is 3.29. The lowest BCUT2D eigenvalue weighted by Gasteiger charge is -2.22. The molecule has 1 aliphatic carbocycles. The molecule has 0 amide bonds. The SMILES string of the molecule is CC(C)C(NCc1ccnn1C)C1CC1. The Morgan fingerprint density at radius 3 is 2.73 bits per heavy atom. The minimum absolute atomic E-state index is 0.680. The molecule has 3 heteroatoms. The number of hydrogen-bond acceptors (Lipinski definition) is 2. The third kappa shape index (κ3) is 2.59. The number of hydrogen-bond donors (Lipinski definition) is 1. The number of rotatable bonds is 5. The Balaban J connectivity index is 1.88. The average molecular weight is 207 g/mol. The third-order valence-electron chi connectivity index (χ3n) is 3.29. The van der Waals surface area contributed by atoms with Crippen molar-refractivity contribution >= 4 is 0 Å². The van der Waals surface area contributed by atoms with Crippen LogP contribution in [0, 0.1) is 11.8 Å². The first kappa shape index (κ1) is 10.7. The lowest BCUT2D eigenvalue weighted by Crippen LogP contribution is -2.35. The molecule has 15 heavy (non-hydrogen) atoms. The van der Waals surface area contributed by atoms with Gasteiger partial charge in [0.25, 0.3) is 0 Å². The molecular formula is C12H21N3. The van der Waals surface area contributed by atoms with E-state index in [0.29, 0.717) is 6.04 Å². The van der Waals surface area contributed by atoms with Gasteiger partial charge in [0.2, 0.25) is 0 Å². The van der Waals surface area contributed by atoms with Crippen LogP contribution in [0.1, 0.15) is 32.4 Å². The topological polar surface area (TPSA) is 29.9 Å². The van der Waals surface area contributed by atoms with Crippen molar-refractivity contribution in [2.45, 2.75) is 39.3 Å². The standard InChI is InChI=1S/C12H21N3/c1-9(2)12(10-4-5-10)13-8-11-6-7-14-15(11)3/h6-7,9-10,12-13H,4-5,8H2,1-3H3. The molecule has 0 bridgehead atoms. The molecular weight excluding hydrogens is 186 g/mol. The van der Waals surface area contributed by atoms with Crippen molar-refractivity contribution in [2.24, 2.45) is 18.9 Å². The second-order valence-electron chi connectivity index (χ2n) is 4.93. The Labute approximate surface area is 91.9 Å². The van der Waals surface area contributed by atoms with Gasteiger partial charge in [-0.15, -0.1) is 0 Å². The Morgan fingerprint density at radius 2 is 2.27 bits per heavy atom. The number of aryl methyl sites for hydroxylation is 1. The highest BCUT2D eigenvalue weighted by Gasteiger charge is 2.32. The number of nitrogens with zero attached hydrogens (tertiary/aromatic N) is 2. The molecule has 1 aromatic rings. The molecule has 1 aromatic heterocycles. The van der Waals surface area contributed by atoms with E-state index >= 15 is 0 Å².